The number of thiophene rings is 1. The summed E-state index contributed by atoms with van der Waals surface area (Å²) in [6, 6.07) is 3.48. The van der Waals surface area contributed by atoms with Gasteiger partial charge in [-0.25, -0.2) is 4.79 Å². The van der Waals surface area contributed by atoms with Gasteiger partial charge >= 0.3 is 5.97 Å². The van der Waals surface area contributed by atoms with Crippen LogP contribution in [0.2, 0.25) is 0 Å². The van der Waals surface area contributed by atoms with Crippen molar-refractivity contribution in [2.24, 2.45) is 0 Å². The fourth-order valence-electron chi connectivity index (χ4n) is 1.02. The van der Waals surface area contributed by atoms with E-state index in [9.17, 15) is 4.79 Å². The summed E-state index contributed by atoms with van der Waals surface area (Å²) < 4.78 is 10.9. The minimum atomic E-state index is -0.397. The van der Waals surface area contributed by atoms with Gasteiger partial charge in [-0.15, -0.1) is 21.5 Å². The lowest BCUT2D eigenvalue weighted by molar-refractivity contribution is 0.0442. The summed E-state index contributed by atoms with van der Waals surface area (Å²) in [7, 11) is 0. The Morgan fingerprint density at radius 1 is 1.56 bits per heavy atom. The summed E-state index contributed by atoms with van der Waals surface area (Å²) in [6.45, 7) is 1.67. The van der Waals surface area contributed by atoms with Crippen LogP contribution in [-0.4, -0.2) is 16.2 Å². The quantitative estimate of drug-likeness (QED) is 0.815. The number of ether oxygens (including phenoxy) is 1. The molecule has 7 heteroatoms. The van der Waals surface area contributed by atoms with Gasteiger partial charge in [0.1, 0.15) is 4.88 Å². The van der Waals surface area contributed by atoms with Crippen molar-refractivity contribution >= 4 is 33.2 Å². The molecule has 16 heavy (non-hydrogen) atoms. The van der Waals surface area contributed by atoms with Gasteiger partial charge in [-0.3, -0.25) is 0 Å². The van der Waals surface area contributed by atoms with Crippen LogP contribution in [0.5, 0.6) is 0 Å². The highest BCUT2D eigenvalue weighted by Gasteiger charge is 2.12. The molecule has 0 saturated heterocycles. The normalized spacial score (nSPS) is 10.4. The van der Waals surface area contributed by atoms with Crippen molar-refractivity contribution in [1.29, 1.82) is 0 Å². The average Bonchev–Trinajstić information content (AvgIpc) is 2.84. The fraction of sp³-hybridized carbons (Fsp3) is 0.222. The molecule has 5 nitrogen and oxygen atoms in total. The van der Waals surface area contributed by atoms with E-state index in [2.05, 4.69) is 26.1 Å². The van der Waals surface area contributed by atoms with Crippen molar-refractivity contribution in [2.45, 2.75) is 13.5 Å². The van der Waals surface area contributed by atoms with Crippen molar-refractivity contribution in [1.82, 2.24) is 10.2 Å². The zero-order valence-electron chi connectivity index (χ0n) is 8.27. The minimum Gasteiger partial charge on any atom is -0.451 e. The number of rotatable bonds is 3. The Balaban J connectivity index is 1.93. The molecular weight excluding hydrogens is 296 g/mol. The van der Waals surface area contributed by atoms with Crippen molar-refractivity contribution in [3.63, 3.8) is 0 Å². The summed E-state index contributed by atoms with van der Waals surface area (Å²) >= 11 is 4.58. The van der Waals surface area contributed by atoms with E-state index < -0.39 is 5.97 Å². The van der Waals surface area contributed by atoms with Crippen molar-refractivity contribution in [3.05, 3.63) is 32.6 Å². The van der Waals surface area contributed by atoms with Crippen LogP contribution in [0.4, 0.5) is 0 Å². The molecule has 84 valence electrons. The van der Waals surface area contributed by atoms with Crippen LogP contribution in [0.15, 0.2) is 20.3 Å². The van der Waals surface area contributed by atoms with Crippen LogP contribution in [0.25, 0.3) is 0 Å². The summed E-state index contributed by atoms with van der Waals surface area (Å²) in [5.41, 5.74) is 0. The Morgan fingerprint density at radius 3 is 2.94 bits per heavy atom. The topological polar surface area (TPSA) is 65.2 Å². The number of aromatic nitrogens is 2. The number of aryl methyl sites for hydroxylation is 1. The van der Waals surface area contributed by atoms with Crippen molar-refractivity contribution in [2.75, 3.05) is 0 Å². The van der Waals surface area contributed by atoms with E-state index in [1.165, 1.54) is 11.3 Å². The third-order valence-corrected chi connectivity index (χ3v) is 3.27. The summed E-state index contributed by atoms with van der Waals surface area (Å²) in [6.07, 6.45) is 0. The second-order valence-corrected chi connectivity index (χ2v) is 5.36. The molecule has 0 radical (unpaired) electrons. The van der Waals surface area contributed by atoms with Crippen LogP contribution < -0.4 is 0 Å². The lowest BCUT2D eigenvalue weighted by Gasteiger charge is -1.98. The SMILES string of the molecule is Cc1nnc(COC(=O)c2ccc(Br)s2)o1. The number of hydrogen-bond acceptors (Lipinski definition) is 6. The van der Waals surface area contributed by atoms with E-state index in [4.69, 9.17) is 9.15 Å². The highest BCUT2D eigenvalue weighted by Crippen LogP contribution is 2.22. The highest BCUT2D eigenvalue weighted by molar-refractivity contribution is 9.11. The molecule has 0 spiro atoms. The first-order chi connectivity index (χ1) is 7.65. The molecule has 2 aromatic heterocycles. The Bertz CT molecular complexity index is 508. The molecule has 0 N–H and O–H groups in total. The van der Waals surface area contributed by atoms with Gasteiger partial charge in [-0.2, -0.15) is 0 Å². The van der Waals surface area contributed by atoms with Gasteiger partial charge in [-0.05, 0) is 28.1 Å². The highest BCUT2D eigenvalue weighted by atomic mass is 79.9. The second kappa shape index (κ2) is 4.75. The van der Waals surface area contributed by atoms with Crippen LogP contribution in [0.1, 0.15) is 21.5 Å². The second-order valence-electron chi connectivity index (χ2n) is 2.89. The molecule has 0 aliphatic rings. The zero-order valence-corrected chi connectivity index (χ0v) is 10.7. The monoisotopic (exact) mass is 302 g/mol. The molecule has 0 unspecified atom stereocenters. The van der Waals surface area contributed by atoms with Crippen molar-refractivity contribution in [3.8, 4) is 0 Å². The van der Waals surface area contributed by atoms with Gasteiger partial charge in [0.15, 0.2) is 6.61 Å². The van der Waals surface area contributed by atoms with E-state index in [1.54, 1.807) is 19.1 Å². The Hall–Kier alpha value is -1.21. The zero-order chi connectivity index (χ0) is 11.5. The third kappa shape index (κ3) is 2.67. The molecule has 0 saturated carbocycles. The molecule has 0 atom stereocenters. The molecule has 2 rings (SSSR count). The summed E-state index contributed by atoms with van der Waals surface area (Å²) in [5, 5.41) is 7.35. The summed E-state index contributed by atoms with van der Waals surface area (Å²) in [5.74, 6) is 0.345. The van der Waals surface area contributed by atoms with E-state index in [1.807, 2.05) is 0 Å². The summed E-state index contributed by atoms with van der Waals surface area (Å²) in [4.78, 5) is 12.0. The first-order valence-electron chi connectivity index (χ1n) is 4.36. The van der Waals surface area contributed by atoms with Gasteiger partial charge < -0.3 is 9.15 Å². The maximum atomic E-state index is 11.5. The smallest absolute Gasteiger partial charge is 0.348 e. The van der Waals surface area contributed by atoms with Crippen molar-refractivity contribution < 1.29 is 13.9 Å². The lowest BCUT2D eigenvalue weighted by atomic mass is 10.5. The molecule has 0 bridgehead atoms. The van der Waals surface area contributed by atoms with Crippen LogP contribution in [-0.2, 0) is 11.3 Å². The first kappa shape index (κ1) is 11.3. The van der Waals surface area contributed by atoms with Crippen LogP contribution in [0, 0.1) is 6.92 Å². The molecule has 2 heterocycles. The van der Waals surface area contributed by atoms with Crippen LogP contribution in [0.3, 0.4) is 0 Å². The lowest BCUT2D eigenvalue weighted by Crippen LogP contribution is -2.03. The van der Waals surface area contributed by atoms with Gasteiger partial charge in [-0.1, -0.05) is 0 Å². The first-order valence-corrected chi connectivity index (χ1v) is 5.97. The Labute approximate surface area is 104 Å². The largest absolute Gasteiger partial charge is 0.451 e. The number of nitrogens with zero attached hydrogens (tertiary/aromatic N) is 2. The van der Waals surface area contributed by atoms with E-state index in [-0.39, 0.29) is 6.61 Å². The third-order valence-electron chi connectivity index (χ3n) is 1.67. The average molecular weight is 303 g/mol. The minimum absolute atomic E-state index is 0.00477. The number of esters is 1. The van der Waals surface area contributed by atoms with Gasteiger partial charge in [0, 0.05) is 6.92 Å². The number of carbonyl (C=O) groups excluding carboxylic acids is 1. The maximum absolute atomic E-state index is 11.5. The molecular formula is C9H7BrN2O3S. The van der Waals surface area contributed by atoms with E-state index >= 15 is 0 Å². The molecule has 0 amide bonds. The van der Waals surface area contributed by atoms with Crippen LogP contribution >= 0.6 is 27.3 Å². The Kier molecular flexibility index (Phi) is 3.35. The number of carbonyl (C=O) groups is 1. The molecule has 0 aromatic carbocycles. The molecule has 0 aliphatic heterocycles. The molecule has 0 aliphatic carbocycles. The Morgan fingerprint density at radius 2 is 2.38 bits per heavy atom. The maximum Gasteiger partial charge on any atom is 0.348 e. The van der Waals surface area contributed by atoms with E-state index in [0.29, 0.717) is 16.7 Å². The standard InChI is InChI=1S/C9H7BrN2O3S/c1-5-11-12-8(15-5)4-14-9(13)6-2-3-7(10)16-6/h2-3H,4H2,1H3. The van der Waals surface area contributed by atoms with E-state index in [0.717, 1.165) is 3.79 Å². The van der Waals surface area contributed by atoms with Gasteiger partial charge in [0.25, 0.3) is 5.89 Å². The van der Waals surface area contributed by atoms with Gasteiger partial charge in [0.05, 0.1) is 3.79 Å². The number of halogens is 1. The number of hydrogen-bond donors (Lipinski definition) is 0. The molecule has 2 aromatic rings. The van der Waals surface area contributed by atoms with Gasteiger partial charge in [0.2, 0.25) is 5.89 Å². The predicted molar refractivity (Wildman–Crippen MR) is 60.2 cm³/mol. The fourth-order valence-corrected chi connectivity index (χ4v) is 2.30. The molecule has 0 fully saturated rings. The predicted octanol–water partition coefficient (Wildman–Crippen LogP) is 2.56.